The van der Waals surface area contributed by atoms with Gasteiger partial charge in [-0.1, -0.05) is 84.9 Å². The molecule has 4 rings (SSSR count). The minimum absolute atomic E-state index is 0.184. The van der Waals surface area contributed by atoms with Crippen molar-refractivity contribution >= 4 is 5.78 Å². The molecule has 23 heavy (non-hydrogen) atoms. The van der Waals surface area contributed by atoms with E-state index >= 15 is 0 Å². The molecule has 0 bridgehead atoms. The number of hydrogen-bond donors (Lipinski definition) is 1. The maximum Gasteiger partial charge on any atom is 0.185 e. The first-order chi connectivity index (χ1) is 11.3. The Morgan fingerprint density at radius 3 is 1.74 bits per heavy atom. The van der Waals surface area contributed by atoms with Gasteiger partial charge in [0.15, 0.2) is 5.78 Å². The molecule has 112 valence electrons. The highest BCUT2D eigenvalue weighted by molar-refractivity contribution is 6.05. The summed E-state index contributed by atoms with van der Waals surface area (Å²) in [6.45, 7) is 0. The van der Waals surface area contributed by atoms with Crippen LogP contribution in [0, 0.1) is 0 Å². The second kappa shape index (κ2) is 5.18. The molecular weight excluding hydrogens is 284 g/mol. The van der Waals surface area contributed by atoms with Crippen molar-refractivity contribution < 1.29 is 9.90 Å². The number of aliphatic hydroxyl groups excluding tert-OH is 1. The lowest BCUT2D eigenvalue weighted by Gasteiger charge is -2.30. The van der Waals surface area contributed by atoms with Crippen molar-refractivity contribution in [3.05, 3.63) is 107 Å². The number of ketones is 1. The summed E-state index contributed by atoms with van der Waals surface area (Å²) in [6.07, 6.45) is -1.09. The van der Waals surface area contributed by atoms with Crippen LogP contribution < -0.4 is 0 Å². The summed E-state index contributed by atoms with van der Waals surface area (Å²) in [5.41, 5.74) is 2.40. The fraction of sp³-hybridized carbons (Fsp3) is 0.0952. The van der Waals surface area contributed by atoms with E-state index in [1.54, 1.807) is 0 Å². The van der Waals surface area contributed by atoms with E-state index in [0.717, 1.165) is 16.7 Å². The van der Waals surface area contributed by atoms with Gasteiger partial charge in [-0.3, -0.25) is 4.79 Å². The molecular formula is C21H16O2. The average Bonchev–Trinajstić information content (AvgIpc) is 2.86. The van der Waals surface area contributed by atoms with Gasteiger partial charge < -0.3 is 5.11 Å². The minimum Gasteiger partial charge on any atom is -0.380 e. The number of carbonyl (C=O) groups is 1. The lowest BCUT2D eigenvalue weighted by Crippen LogP contribution is -2.36. The predicted octanol–water partition coefficient (Wildman–Crippen LogP) is 3.64. The molecule has 0 saturated heterocycles. The molecule has 0 saturated carbocycles. The van der Waals surface area contributed by atoms with Crippen molar-refractivity contribution in [1.29, 1.82) is 0 Å². The molecule has 0 spiro atoms. The molecule has 1 atom stereocenters. The summed E-state index contributed by atoms with van der Waals surface area (Å²) in [4.78, 5) is 13.2. The van der Waals surface area contributed by atoms with E-state index in [1.165, 1.54) is 0 Å². The van der Waals surface area contributed by atoms with Gasteiger partial charge in [0.05, 0.1) is 0 Å². The van der Waals surface area contributed by atoms with Gasteiger partial charge in [-0.05, 0) is 22.3 Å². The first kappa shape index (κ1) is 13.9. The first-order valence-electron chi connectivity index (χ1n) is 7.69. The summed E-state index contributed by atoms with van der Waals surface area (Å²) in [5.74, 6) is -0.184. The van der Waals surface area contributed by atoms with Crippen LogP contribution in [0.25, 0.3) is 0 Å². The zero-order valence-electron chi connectivity index (χ0n) is 12.5. The van der Waals surface area contributed by atoms with Crippen LogP contribution in [-0.2, 0) is 10.2 Å². The predicted molar refractivity (Wildman–Crippen MR) is 89.2 cm³/mol. The van der Waals surface area contributed by atoms with Gasteiger partial charge in [0.25, 0.3) is 0 Å². The van der Waals surface area contributed by atoms with Gasteiger partial charge in [-0.15, -0.1) is 0 Å². The zero-order chi connectivity index (χ0) is 15.9. The Morgan fingerprint density at radius 2 is 1.17 bits per heavy atom. The molecule has 0 fully saturated rings. The molecule has 3 aromatic carbocycles. The van der Waals surface area contributed by atoms with Crippen molar-refractivity contribution in [2.75, 3.05) is 0 Å². The Bertz CT molecular complexity index is 814. The summed E-state index contributed by atoms with van der Waals surface area (Å²) in [5, 5.41) is 10.6. The van der Waals surface area contributed by atoms with E-state index in [-0.39, 0.29) is 5.78 Å². The first-order valence-corrected chi connectivity index (χ1v) is 7.69. The molecule has 0 amide bonds. The molecule has 0 aromatic heterocycles. The second-order valence-electron chi connectivity index (χ2n) is 5.84. The van der Waals surface area contributed by atoms with Crippen molar-refractivity contribution in [2.45, 2.75) is 11.5 Å². The van der Waals surface area contributed by atoms with Gasteiger partial charge in [-0.25, -0.2) is 0 Å². The molecule has 2 heteroatoms. The molecule has 1 aliphatic rings. The number of carbonyl (C=O) groups excluding carboxylic acids is 1. The van der Waals surface area contributed by atoms with E-state index in [9.17, 15) is 9.90 Å². The maximum atomic E-state index is 13.2. The number of rotatable bonds is 2. The molecule has 1 N–H and O–H groups in total. The van der Waals surface area contributed by atoms with E-state index in [2.05, 4.69) is 0 Å². The van der Waals surface area contributed by atoms with Crippen molar-refractivity contribution in [3.8, 4) is 0 Å². The monoisotopic (exact) mass is 300 g/mol. The van der Waals surface area contributed by atoms with Gasteiger partial charge in [-0.2, -0.15) is 0 Å². The van der Waals surface area contributed by atoms with E-state index in [0.29, 0.717) is 5.56 Å². The highest BCUT2D eigenvalue weighted by Crippen LogP contribution is 2.50. The standard InChI is InChI=1S/C21H16O2/c22-19-17-13-7-8-14-18(17)21(20(19)23,15-9-3-1-4-10-15)16-11-5-2-6-12-16/h1-14,19,22H. The molecule has 0 radical (unpaired) electrons. The van der Waals surface area contributed by atoms with E-state index in [1.807, 2.05) is 84.9 Å². The third kappa shape index (κ3) is 1.82. The fourth-order valence-corrected chi connectivity index (χ4v) is 3.69. The normalized spacial score (nSPS) is 18.7. The second-order valence-corrected chi connectivity index (χ2v) is 5.84. The lowest BCUT2D eigenvalue weighted by atomic mass is 9.69. The number of hydrogen-bond acceptors (Lipinski definition) is 2. The van der Waals surface area contributed by atoms with Gasteiger partial charge in [0.2, 0.25) is 0 Å². The fourth-order valence-electron chi connectivity index (χ4n) is 3.69. The number of fused-ring (bicyclic) bond motifs is 1. The summed E-state index contributed by atoms with van der Waals surface area (Å²) >= 11 is 0. The van der Waals surface area contributed by atoms with Crippen LogP contribution in [0.2, 0.25) is 0 Å². The van der Waals surface area contributed by atoms with Crippen LogP contribution in [0.4, 0.5) is 0 Å². The van der Waals surface area contributed by atoms with Crippen LogP contribution in [0.1, 0.15) is 28.4 Å². The highest BCUT2D eigenvalue weighted by atomic mass is 16.3. The Morgan fingerprint density at radius 1 is 0.696 bits per heavy atom. The Hall–Kier alpha value is -2.71. The van der Waals surface area contributed by atoms with E-state index < -0.39 is 11.5 Å². The summed E-state index contributed by atoms with van der Waals surface area (Å²) < 4.78 is 0. The Labute approximate surface area is 135 Å². The number of benzene rings is 3. The van der Waals surface area contributed by atoms with Gasteiger partial charge in [0.1, 0.15) is 11.5 Å². The molecule has 0 aliphatic heterocycles. The third-order valence-electron chi connectivity index (χ3n) is 4.69. The number of Topliss-reactive ketones (excluding diaryl/α,β-unsaturated/α-hetero) is 1. The summed E-state index contributed by atoms with van der Waals surface area (Å²) in [6, 6.07) is 27.0. The lowest BCUT2D eigenvalue weighted by molar-refractivity contribution is -0.128. The largest absolute Gasteiger partial charge is 0.380 e. The Balaban J connectivity index is 2.12. The van der Waals surface area contributed by atoms with E-state index in [4.69, 9.17) is 0 Å². The van der Waals surface area contributed by atoms with Crippen molar-refractivity contribution in [2.24, 2.45) is 0 Å². The minimum atomic E-state index is -1.09. The maximum absolute atomic E-state index is 13.2. The quantitative estimate of drug-likeness (QED) is 0.784. The molecule has 0 heterocycles. The smallest absolute Gasteiger partial charge is 0.185 e. The van der Waals surface area contributed by atoms with Crippen LogP contribution in [0.5, 0.6) is 0 Å². The molecule has 1 aliphatic carbocycles. The summed E-state index contributed by atoms with van der Waals surface area (Å²) in [7, 11) is 0. The third-order valence-corrected chi connectivity index (χ3v) is 4.69. The SMILES string of the molecule is O=C1C(O)c2ccccc2C1(c1ccccc1)c1ccccc1. The molecule has 3 aromatic rings. The van der Waals surface area contributed by atoms with Crippen LogP contribution >= 0.6 is 0 Å². The topological polar surface area (TPSA) is 37.3 Å². The van der Waals surface area contributed by atoms with Crippen LogP contribution in [0.3, 0.4) is 0 Å². The average molecular weight is 300 g/mol. The molecule has 2 nitrogen and oxygen atoms in total. The van der Waals surface area contributed by atoms with Gasteiger partial charge >= 0.3 is 0 Å². The highest BCUT2D eigenvalue weighted by Gasteiger charge is 2.53. The van der Waals surface area contributed by atoms with Crippen molar-refractivity contribution in [1.82, 2.24) is 0 Å². The molecule has 1 unspecified atom stereocenters. The zero-order valence-corrected chi connectivity index (χ0v) is 12.5. The van der Waals surface area contributed by atoms with Crippen LogP contribution in [0.15, 0.2) is 84.9 Å². The number of aliphatic hydroxyl groups is 1. The van der Waals surface area contributed by atoms with Crippen LogP contribution in [-0.4, -0.2) is 10.9 Å². The van der Waals surface area contributed by atoms with Gasteiger partial charge in [0, 0.05) is 0 Å². The Kier molecular flexibility index (Phi) is 3.14. The van der Waals surface area contributed by atoms with Crippen molar-refractivity contribution in [3.63, 3.8) is 0 Å².